The van der Waals surface area contributed by atoms with E-state index in [2.05, 4.69) is 72.2 Å². The number of nitrogens with one attached hydrogen (secondary N) is 1. The summed E-state index contributed by atoms with van der Waals surface area (Å²) in [6.45, 7) is 17.0. The SMILES string of the molecule is CC.CC.CCC.CN1CCC(N2C(=O)Cc3ccccc32)CC1.CN1CCC2(CC1)C(=O)NCN2c1ccccc1. The van der Waals surface area contributed by atoms with Crippen LogP contribution in [-0.4, -0.2) is 80.1 Å². The van der Waals surface area contributed by atoms with E-state index >= 15 is 0 Å². The normalized spacial score (nSPS) is 19.6. The predicted molar refractivity (Wildman–Crippen MR) is 178 cm³/mol. The monoisotopic (exact) mass is 579 g/mol. The first kappa shape index (κ1) is 35.3. The van der Waals surface area contributed by atoms with Crippen molar-refractivity contribution in [3.8, 4) is 0 Å². The molecule has 0 bridgehead atoms. The molecule has 0 saturated carbocycles. The number of carbonyl (C=O) groups is 2. The van der Waals surface area contributed by atoms with Gasteiger partial charge in [0, 0.05) is 30.5 Å². The fourth-order valence-electron chi connectivity index (χ4n) is 5.95. The number of nitrogens with zero attached hydrogens (tertiary/aromatic N) is 4. The van der Waals surface area contributed by atoms with Crippen LogP contribution < -0.4 is 15.1 Å². The molecule has 4 aliphatic heterocycles. The fraction of sp³-hybridized carbons (Fsp3) is 0.600. The molecule has 3 saturated heterocycles. The fourth-order valence-corrected chi connectivity index (χ4v) is 5.95. The molecule has 6 rings (SSSR count). The molecule has 1 spiro atoms. The Morgan fingerprint density at radius 2 is 1.31 bits per heavy atom. The lowest BCUT2D eigenvalue weighted by Gasteiger charge is -2.42. The highest BCUT2D eigenvalue weighted by Gasteiger charge is 2.49. The summed E-state index contributed by atoms with van der Waals surface area (Å²) < 4.78 is 0. The van der Waals surface area contributed by atoms with E-state index in [-0.39, 0.29) is 17.4 Å². The van der Waals surface area contributed by atoms with Gasteiger partial charge in [0.15, 0.2) is 0 Å². The summed E-state index contributed by atoms with van der Waals surface area (Å²) >= 11 is 0. The van der Waals surface area contributed by atoms with Crippen molar-refractivity contribution in [1.82, 2.24) is 15.1 Å². The van der Waals surface area contributed by atoms with Crippen LogP contribution in [0.5, 0.6) is 0 Å². The van der Waals surface area contributed by atoms with E-state index in [9.17, 15) is 9.59 Å². The average molecular weight is 580 g/mol. The molecule has 234 valence electrons. The Bertz CT molecular complexity index is 1060. The van der Waals surface area contributed by atoms with Crippen LogP contribution in [0.15, 0.2) is 54.6 Å². The number of likely N-dealkylation sites (tertiary alicyclic amines) is 2. The molecule has 0 radical (unpaired) electrons. The van der Waals surface area contributed by atoms with Crippen molar-refractivity contribution in [3.63, 3.8) is 0 Å². The van der Waals surface area contributed by atoms with Gasteiger partial charge in [-0.2, -0.15) is 0 Å². The van der Waals surface area contributed by atoms with Gasteiger partial charge in [0.25, 0.3) is 0 Å². The Balaban J connectivity index is 0.000000243. The molecule has 4 heterocycles. The molecule has 0 unspecified atom stereocenters. The molecule has 42 heavy (non-hydrogen) atoms. The number of carbonyl (C=O) groups excluding carboxylic acids is 2. The number of amides is 2. The van der Waals surface area contributed by atoms with Crippen molar-refractivity contribution in [2.75, 3.05) is 56.7 Å². The van der Waals surface area contributed by atoms with Crippen molar-refractivity contribution in [3.05, 3.63) is 60.2 Å². The predicted octanol–water partition coefficient (Wildman–Crippen LogP) is 6.18. The highest BCUT2D eigenvalue weighted by Crippen LogP contribution is 2.36. The number of hydrogen-bond donors (Lipinski definition) is 1. The summed E-state index contributed by atoms with van der Waals surface area (Å²) in [5, 5.41) is 3.01. The standard InChI is InChI=1S/C14H19N3O.C14H18N2O.C3H8.2C2H6/c1-16-9-7-14(8-10-16)13(18)15-11-17(14)12-5-3-2-4-6-12;1-15-8-6-12(7-9-15)16-13-5-3-2-4-11(13)10-14(16)17;1-3-2;2*1-2/h2-6H,7-11H2,1H3,(H,15,18);2-5,12H,6-10H2,1H3;3H2,1-2H3;2*1-2H3. The van der Waals surface area contributed by atoms with Crippen molar-refractivity contribution >= 4 is 23.2 Å². The van der Waals surface area contributed by atoms with Crippen LogP contribution in [0, 0.1) is 0 Å². The lowest BCUT2D eigenvalue weighted by molar-refractivity contribution is -0.125. The zero-order chi connectivity index (χ0) is 31.1. The minimum atomic E-state index is -0.326. The number of rotatable bonds is 2. The van der Waals surface area contributed by atoms with E-state index in [4.69, 9.17) is 0 Å². The van der Waals surface area contributed by atoms with Gasteiger partial charge in [-0.05, 0) is 76.6 Å². The van der Waals surface area contributed by atoms with E-state index < -0.39 is 0 Å². The lowest BCUT2D eigenvalue weighted by atomic mass is 9.86. The number of hydrogen-bond acceptors (Lipinski definition) is 5. The van der Waals surface area contributed by atoms with Gasteiger partial charge in [-0.15, -0.1) is 0 Å². The summed E-state index contributed by atoms with van der Waals surface area (Å²) in [6, 6.07) is 18.8. The van der Waals surface area contributed by atoms with Gasteiger partial charge in [-0.1, -0.05) is 84.4 Å². The second kappa shape index (κ2) is 17.9. The highest BCUT2D eigenvalue weighted by atomic mass is 16.2. The molecule has 1 N–H and O–H groups in total. The molecule has 0 aromatic heterocycles. The smallest absolute Gasteiger partial charge is 0.247 e. The van der Waals surface area contributed by atoms with Crippen LogP contribution in [0.2, 0.25) is 0 Å². The summed E-state index contributed by atoms with van der Waals surface area (Å²) in [5.74, 6) is 0.472. The number of anilines is 2. The third-order valence-corrected chi connectivity index (χ3v) is 8.13. The molecular weight excluding hydrogens is 522 g/mol. The van der Waals surface area contributed by atoms with Gasteiger partial charge in [-0.3, -0.25) is 9.59 Å². The van der Waals surface area contributed by atoms with E-state index in [0.717, 1.165) is 63.2 Å². The first-order chi connectivity index (χ1) is 20.4. The molecule has 0 aliphatic carbocycles. The molecule has 2 aromatic rings. The molecular formula is C35H57N5O2. The highest BCUT2D eigenvalue weighted by molar-refractivity contribution is 6.01. The van der Waals surface area contributed by atoms with Gasteiger partial charge in [0.1, 0.15) is 5.54 Å². The van der Waals surface area contributed by atoms with Crippen LogP contribution in [0.3, 0.4) is 0 Å². The quantitative estimate of drug-likeness (QED) is 0.460. The number of piperidine rings is 2. The van der Waals surface area contributed by atoms with Gasteiger partial charge >= 0.3 is 0 Å². The largest absolute Gasteiger partial charge is 0.339 e. The zero-order valence-electron chi connectivity index (χ0n) is 27.7. The third-order valence-electron chi connectivity index (χ3n) is 8.13. The Hall–Kier alpha value is -2.90. The van der Waals surface area contributed by atoms with E-state index in [1.54, 1.807) is 0 Å². The maximum Gasteiger partial charge on any atom is 0.247 e. The topological polar surface area (TPSA) is 59.1 Å². The zero-order valence-corrected chi connectivity index (χ0v) is 27.7. The summed E-state index contributed by atoms with van der Waals surface area (Å²) in [4.78, 5) is 33.3. The minimum absolute atomic E-state index is 0.194. The Labute approximate surface area is 256 Å². The first-order valence-electron chi connectivity index (χ1n) is 16.3. The average Bonchev–Trinajstić information content (AvgIpc) is 3.53. The van der Waals surface area contributed by atoms with Crippen molar-refractivity contribution in [2.45, 2.75) is 91.6 Å². The number of fused-ring (bicyclic) bond motifs is 1. The molecule has 0 atom stereocenters. The summed E-state index contributed by atoms with van der Waals surface area (Å²) in [7, 11) is 4.27. The minimum Gasteiger partial charge on any atom is -0.339 e. The molecule has 7 nitrogen and oxygen atoms in total. The molecule has 4 aliphatic rings. The van der Waals surface area contributed by atoms with E-state index in [0.29, 0.717) is 19.1 Å². The summed E-state index contributed by atoms with van der Waals surface area (Å²) in [6.07, 6.45) is 5.84. The van der Waals surface area contributed by atoms with E-state index in [1.165, 1.54) is 12.0 Å². The number of para-hydroxylation sites is 2. The van der Waals surface area contributed by atoms with Crippen LogP contribution in [0.1, 0.15) is 79.2 Å². The Morgan fingerprint density at radius 3 is 1.90 bits per heavy atom. The van der Waals surface area contributed by atoms with Gasteiger partial charge < -0.3 is 24.9 Å². The van der Waals surface area contributed by atoms with Gasteiger partial charge in [-0.25, -0.2) is 0 Å². The van der Waals surface area contributed by atoms with Crippen molar-refractivity contribution < 1.29 is 9.59 Å². The Kier molecular flexibility index (Phi) is 15.1. The van der Waals surface area contributed by atoms with Crippen molar-refractivity contribution in [2.24, 2.45) is 0 Å². The number of benzene rings is 2. The van der Waals surface area contributed by atoms with E-state index in [1.807, 2.05) is 62.9 Å². The molecule has 2 amide bonds. The van der Waals surface area contributed by atoms with Crippen molar-refractivity contribution in [1.29, 1.82) is 0 Å². The van der Waals surface area contributed by atoms with Crippen LogP contribution in [0.25, 0.3) is 0 Å². The maximum absolute atomic E-state index is 12.3. The van der Waals surface area contributed by atoms with Crippen LogP contribution >= 0.6 is 0 Å². The van der Waals surface area contributed by atoms with Gasteiger partial charge in [0.2, 0.25) is 11.8 Å². The molecule has 3 fully saturated rings. The third kappa shape index (κ3) is 8.57. The Morgan fingerprint density at radius 1 is 0.786 bits per heavy atom. The second-order valence-electron chi connectivity index (χ2n) is 11.1. The maximum atomic E-state index is 12.3. The summed E-state index contributed by atoms with van der Waals surface area (Å²) in [5.41, 5.74) is 3.15. The van der Waals surface area contributed by atoms with Crippen LogP contribution in [0.4, 0.5) is 11.4 Å². The lowest BCUT2D eigenvalue weighted by Crippen LogP contribution is -2.55. The second-order valence-corrected chi connectivity index (χ2v) is 11.1. The molecule has 7 heteroatoms. The molecule has 2 aromatic carbocycles. The first-order valence-corrected chi connectivity index (χ1v) is 16.3. The van der Waals surface area contributed by atoms with Crippen LogP contribution in [-0.2, 0) is 16.0 Å². The van der Waals surface area contributed by atoms with Gasteiger partial charge in [0.05, 0.1) is 13.1 Å².